The van der Waals surface area contributed by atoms with E-state index in [4.69, 9.17) is 24.3 Å². The van der Waals surface area contributed by atoms with Gasteiger partial charge in [0.25, 0.3) is 5.91 Å². The van der Waals surface area contributed by atoms with Crippen molar-refractivity contribution in [3.8, 4) is 22.6 Å². The molecule has 2 aliphatic rings. The lowest BCUT2D eigenvalue weighted by Gasteiger charge is -2.31. The van der Waals surface area contributed by atoms with Crippen LogP contribution in [0.3, 0.4) is 0 Å². The molecule has 3 N–H and O–H groups in total. The van der Waals surface area contributed by atoms with Gasteiger partial charge in [-0.05, 0) is 81.9 Å². The van der Waals surface area contributed by atoms with Crippen molar-refractivity contribution in [2.45, 2.75) is 30.5 Å². The Kier molecular flexibility index (Phi) is 9.48. The largest absolute Gasteiger partial charge is 0.497 e. The first kappa shape index (κ1) is 32.6. The van der Waals surface area contributed by atoms with Crippen molar-refractivity contribution in [1.82, 2.24) is 10.9 Å². The second-order valence-corrected chi connectivity index (χ2v) is 13.0. The summed E-state index contributed by atoms with van der Waals surface area (Å²) in [5.41, 5.74) is 11.9. The van der Waals surface area contributed by atoms with Crippen molar-refractivity contribution in [3.63, 3.8) is 0 Å². The Labute approximate surface area is 293 Å². The SMILES string of the molecule is COc1cccc([C@@H]2OC(c3ccc(OCCCO)cc3)=N[C@]2(Cc2ccc(Br)cc2)C(=O)NNC2c3ccccc3-c3ccccc32)c1. The summed E-state index contributed by atoms with van der Waals surface area (Å²) in [5, 5.41) is 9.12. The van der Waals surface area contributed by atoms with Crippen molar-refractivity contribution in [1.29, 1.82) is 0 Å². The number of hydrogen-bond acceptors (Lipinski definition) is 7. The lowest BCUT2D eigenvalue weighted by Crippen LogP contribution is -2.54. The van der Waals surface area contributed by atoms with E-state index in [1.807, 2.05) is 97.1 Å². The van der Waals surface area contributed by atoms with Crippen LogP contribution in [0.1, 0.15) is 46.4 Å². The fraction of sp³-hybridized carbons (Fsp3) is 0.200. The van der Waals surface area contributed by atoms with Crippen LogP contribution in [0.15, 0.2) is 131 Å². The standard InChI is InChI=1S/C40H36BrN3O5/c1-47-31-9-6-8-28(24-31)37-40(25-26-14-18-29(41)19-15-26,42-38(49-37)27-16-20-30(21-17-27)48-23-7-22-45)39(46)44-43-36-34-12-4-2-10-32(34)33-11-3-5-13-35(33)36/h2-6,8-21,24,36-37,43,45H,7,22-23,25H2,1H3,(H,44,46)/t37-,40-/m0/s1. The molecular formula is C40H36BrN3O5. The number of carbonyl (C=O) groups is 1. The number of ether oxygens (including phenoxy) is 3. The van der Waals surface area contributed by atoms with Crippen molar-refractivity contribution < 1.29 is 24.1 Å². The number of carbonyl (C=O) groups excluding carboxylic acids is 1. The lowest BCUT2D eigenvalue weighted by atomic mass is 9.82. The van der Waals surface area contributed by atoms with Gasteiger partial charge in [0.05, 0.1) is 19.8 Å². The molecule has 0 radical (unpaired) electrons. The minimum absolute atomic E-state index is 0.0610. The Morgan fingerprint density at radius 1 is 0.878 bits per heavy atom. The maximum Gasteiger partial charge on any atom is 0.266 e. The predicted octanol–water partition coefficient (Wildman–Crippen LogP) is 7.11. The number of methoxy groups -OCH3 is 1. The van der Waals surface area contributed by atoms with Crippen LogP contribution < -0.4 is 20.3 Å². The summed E-state index contributed by atoms with van der Waals surface area (Å²) in [4.78, 5) is 20.1. The Bertz CT molecular complexity index is 1940. The van der Waals surface area contributed by atoms with E-state index in [0.717, 1.165) is 37.9 Å². The summed E-state index contributed by atoms with van der Waals surface area (Å²) in [6.07, 6.45) is 0.0190. The first-order valence-corrected chi connectivity index (χ1v) is 17.0. The molecule has 2 atom stereocenters. The number of aliphatic hydroxyl groups excluding tert-OH is 1. The highest BCUT2D eigenvalue weighted by Crippen LogP contribution is 2.45. The van der Waals surface area contributed by atoms with Gasteiger partial charge in [-0.15, -0.1) is 0 Å². The van der Waals surface area contributed by atoms with Gasteiger partial charge in [0, 0.05) is 29.5 Å². The van der Waals surface area contributed by atoms with Crippen LogP contribution in [0.4, 0.5) is 0 Å². The van der Waals surface area contributed by atoms with Gasteiger partial charge in [0.2, 0.25) is 5.90 Å². The van der Waals surface area contributed by atoms with Gasteiger partial charge in [-0.3, -0.25) is 10.2 Å². The molecule has 1 aliphatic carbocycles. The quantitative estimate of drug-likeness (QED) is 0.0940. The second kappa shape index (κ2) is 14.3. The van der Waals surface area contributed by atoms with E-state index >= 15 is 0 Å². The van der Waals surface area contributed by atoms with Gasteiger partial charge >= 0.3 is 0 Å². The number of nitrogens with one attached hydrogen (secondary N) is 2. The topological polar surface area (TPSA) is 101 Å². The van der Waals surface area contributed by atoms with E-state index in [1.54, 1.807) is 7.11 Å². The zero-order chi connectivity index (χ0) is 33.8. The first-order valence-electron chi connectivity index (χ1n) is 16.2. The van der Waals surface area contributed by atoms with E-state index in [2.05, 4.69) is 51.0 Å². The molecule has 9 heteroatoms. The lowest BCUT2D eigenvalue weighted by molar-refractivity contribution is -0.130. The highest BCUT2D eigenvalue weighted by molar-refractivity contribution is 9.10. The molecule has 0 unspecified atom stereocenters. The third kappa shape index (κ3) is 6.57. The third-order valence-electron chi connectivity index (χ3n) is 8.98. The third-order valence-corrected chi connectivity index (χ3v) is 9.51. The van der Waals surface area contributed by atoms with Gasteiger partial charge in [-0.25, -0.2) is 10.4 Å². The van der Waals surface area contributed by atoms with Gasteiger partial charge in [-0.2, -0.15) is 0 Å². The Hall–Kier alpha value is -4.96. The van der Waals surface area contributed by atoms with E-state index in [0.29, 0.717) is 36.0 Å². The molecule has 0 saturated heterocycles. The number of benzene rings is 5. The smallest absolute Gasteiger partial charge is 0.266 e. The average Bonchev–Trinajstić information content (AvgIpc) is 3.69. The molecule has 7 rings (SSSR count). The molecule has 1 heterocycles. The highest BCUT2D eigenvalue weighted by Gasteiger charge is 2.53. The van der Waals surface area contributed by atoms with Gasteiger partial charge in [0.1, 0.15) is 11.5 Å². The molecule has 1 amide bonds. The number of aliphatic hydroxyl groups is 1. The van der Waals surface area contributed by atoms with Crippen LogP contribution in [0.2, 0.25) is 0 Å². The summed E-state index contributed by atoms with van der Waals surface area (Å²) >= 11 is 3.54. The van der Waals surface area contributed by atoms with Gasteiger partial charge < -0.3 is 19.3 Å². The summed E-state index contributed by atoms with van der Waals surface area (Å²) in [5.74, 6) is 1.33. The van der Waals surface area contributed by atoms with Crippen molar-refractivity contribution >= 4 is 27.7 Å². The Balaban J connectivity index is 1.28. The van der Waals surface area contributed by atoms with Crippen LogP contribution in [-0.2, 0) is 16.0 Å². The summed E-state index contributed by atoms with van der Waals surface area (Å²) < 4.78 is 19.0. The zero-order valence-corrected chi connectivity index (χ0v) is 28.5. The number of hydrazine groups is 1. The molecule has 0 saturated carbocycles. The summed E-state index contributed by atoms with van der Waals surface area (Å²) in [6.45, 7) is 0.468. The predicted molar refractivity (Wildman–Crippen MR) is 193 cm³/mol. The number of halogens is 1. The monoisotopic (exact) mass is 717 g/mol. The number of nitrogens with zero attached hydrogens (tertiary/aromatic N) is 1. The Morgan fingerprint density at radius 2 is 1.57 bits per heavy atom. The number of rotatable bonds is 12. The van der Waals surface area contributed by atoms with E-state index < -0.39 is 11.6 Å². The maximum atomic E-state index is 14.9. The number of amides is 1. The van der Waals surface area contributed by atoms with Crippen LogP contribution in [0.5, 0.6) is 11.5 Å². The molecule has 5 aromatic rings. The van der Waals surface area contributed by atoms with Crippen LogP contribution in [-0.4, -0.2) is 42.8 Å². The number of aliphatic imine (C=N–C) groups is 1. The number of hydrogen-bond donors (Lipinski definition) is 3. The fourth-order valence-corrected chi connectivity index (χ4v) is 6.82. The molecule has 248 valence electrons. The minimum atomic E-state index is -1.41. The van der Waals surface area contributed by atoms with Gasteiger partial charge in [-0.1, -0.05) is 88.7 Å². The maximum absolute atomic E-state index is 14.9. The molecule has 49 heavy (non-hydrogen) atoms. The first-order chi connectivity index (χ1) is 24.0. The fourth-order valence-electron chi connectivity index (χ4n) is 6.56. The van der Waals surface area contributed by atoms with Crippen molar-refractivity contribution in [2.24, 2.45) is 4.99 Å². The normalized spacial score (nSPS) is 17.9. The Morgan fingerprint density at radius 3 is 2.24 bits per heavy atom. The van der Waals surface area contributed by atoms with Crippen molar-refractivity contribution in [2.75, 3.05) is 20.3 Å². The van der Waals surface area contributed by atoms with E-state index in [1.165, 1.54) is 0 Å². The molecule has 8 nitrogen and oxygen atoms in total. The van der Waals surface area contributed by atoms with E-state index in [-0.39, 0.29) is 25.0 Å². The molecule has 0 fully saturated rings. The van der Waals surface area contributed by atoms with Gasteiger partial charge in [0.15, 0.2) is 11.6 Å². The molecule has 1 aliphatic heterocycles. The molecular weight excluding hydrogens is 682 g/mol. The van der Waals surface area contributed by atoms with Crippen LogP contribution in [0, 0.1) is 0 Å². The summed E-state index contributed by atoms with van der Waals surface area (Å²) in [6, 6.07) is 39.1. The zero-order valence-electron chi connectivity index (χ0n) is 26.9. The highest BCUT2D eigenvalue weighted by atomic mass is 79.9. The molecule has 0 aromatic heterocycles. The molecule has 0 spiro atoms. The van der Waals surface area contributed by atoms with Crippen molar-refractivity contribution in [3.05, 3.63) is 154 Å². The molecule has 0 bridgehead atoms. The number of fused-ring (bicyclic) bond motifs is 3. The van der Waals surface area contributed by atoms with Crippen LogP contribution >= 0.6 is 15.9 Å². The minimum Gasteiger partial charge on any atom is -0.497 e. The second-order valence-electron chi connectivity index (χ2n) is 12.1. The summed E-state index contributed by atoms with van der Waals surface area (Å²) in [7, 11) is 1.61. The van der Waals surface area contributed by atoms with Crippen LogP contribution in [0.25, 0.3) is 11.1 Å². The van der Waals surface area contributed by atoms with E-state index in [9.17, 15) is 4.79 Å². The average molecular weight is 719 g/mol. The molecule has 5 aromatic carbocycles.